The van der Waals surface area contributed by atoms with E-state index in [-0.39, 0.29) is 11.5 Å². The van der Waals surface area contributed by atoms with Crippen LogP contribution < -0.4 is 0 Å². The summed E-state index contributed by atoms with van der Waals surface area (Å²) in [7, 11) is 0. The maximum absolute atomic E-state index is 11.9. The summed E-state index contributed by atoms with van der Waals surface area (Å²) in [4.78, 5) is 11.9. The number of carbonyl (C=O) groups excluding carboxylic acids is 1. The van der Waals surface area contributed by atoms with Crippen LogP contribution in [0.2, 0.25) is 0 Å². The molecule has 1 aromatic rings. The molecule has 0 aromatic heterocycles. The number of ketones is 1. The zero-order chi connectivity index (χ0) is 12.5. The van der Waals surface area contributed by atoms with Crippen molar-refractivity contribution in [3.05, 3.63) is 26.7 Å². The molecule has 0 aliphatic carbocycles. The normalized spacial score (nSPS) is 10.6. The third kappa shape index (κ3) is 2.14. The summed E-state index contributed by atoms with van der Waals surface area (Å²) in [5, 5.41) is 10.0. The van der Waals surface area contributed by atoms with Crippen LogP contribution in [0.5, 0.6) is 5.75 Å². The highest BCUT2D eigenvalue weighted by Crippen LogP contribution is 2.37. The molecule has 0 aliphatic heterocycles. The molecule has 1 aromatic carbocycles. The maximum Gasteiger partial charge on any atom is 0.166 e. The van der Waals surface area contributed by atoms with Crippen molar-refractivity contribution in [2.45, 2.75) is 40.5 Å². The second-order valence-electron chi connectivity index (χ2n) is 4.09. The van der Waals surface area contributed by atoms with Crippen molar-refractivity contribution >= 4 is 21.7 Å². The number of halogens is 1. The van der Waals surface area contributed by atoms with Gasteiger partial charge in [0.2, 0.25) is 0 Å². The first-order valence-electron chi connectivity index (χ1n) is 5.43. The van der Waals surface area contributed by atoms with Gasteiger partial charge < -0.3 is 5.11 Å². The lowest BCUT2D eigenvalue weighted by Crippen LogP contribution is -2.05. The number of rotatable bonds is 3. The van der Waals surface area contributed by atoms with Gasteiger partial charge in [-0.1, -0.05) is 6.92 Å². The SMILES string of the molecule is CCCC(=O)c1c(C)c(C)c(C)c(Br)c1O. The largest absolute Gasteiger partial charge is 0.506 e. The highest BCUT2D eigenvalue weighted by Gasteiger charge is 2.20. The van der Waals surface area contributed by atoms with Gasteiger partial charge in [0.25, 0.3) is 0 Å². The molecule has 1 rings (SSSR count). The van der Waals surface area contributed by atoms with Crippen LogP contribution in [-0.4, -0.2) is 10.9 Å². The Bertz CT molecular complexity index is 407. The highest BCUT2D eigenvalue weighted by atomic mass is 79.9. The Morgan fingerprint density at radius 3 is 2.25 bits per heavy atom. The quantitative estimate of drug-likeness (QED) is 0.850. The first-order valence-corrected chi connectivity index (χ1v) is 6.22. The number of phenols is 1. The lowest BCUT2D eigenvalue weighted by molar-refractivity contribution is 0.0978. The second-order valence-corrected chi connectivity index (χ2v) is 4.88. The Labute approximate surface area is 105 Å². The van der Waals surface area contributed by atoms with E-state index in [4.69, 9.17) is 0 Å². The third-order valence-electron chi connectivity index (χ3n) is 3.03. The molecule has 0 bridgehead atoms. The molecule has 0 radical (unpaired) electrons. The predicted molar refractivity (Wildman–Crippen MR) is 69.3 cm³/mol. The summed E-state index contributed by atoms with van der Waals surface area (Å²) < 4.78 is 0.634. The van der Waals surface area contributed by atoms with Crippen LogP contribution in [0.15, 0.2) is 4.47 Å². The molecule has 88 valence electrons. The van der Waals surface area contributed by atoms with Gasteiger partial charge in [-0.25, -0.2) is 0 Å². The molecule has 0 saturated heterocycles. The standard InChI is InChI=1S/C13H17BrO2/c1-5-6-10(15)11-8(3)7(2)9(4)12(14)13(11)16/h16H,5-6H2,1-4H3. The molecule has 16 heavy (non-hydrogen) atoms. The summed E-state index contributed by atoms with van der Waals surface area (Å²) in [6, 6.07) is 0. The van der Waals surface area contributed by atoms with Crippen molar-refractivity contribution in [2.75, 3.05) is 0 Å². The van der Waals surface area contributed by atoms with Crippen molar-refractivity contribution < 1.29 is 9.90 Å². The van der Waals surface area contributed by atoms with E-state index in [9.17, 15) is 9.90 Å². The number of hydrogen-bond donors (Lipinski definition) is 1. The van der Waals surface area contributed by atoms with Gasteiger partial charge >= 0.3 is 0 Å². The summed E-state index contributed by atoms with van der Waals surface area (Å²) >= 11 is 3.33. The second kappa shape index (κ2) is 5.00. The van der Waals surface area contributed by atoms with Crippen LogP contribution in [0.1, 0.15) is 46.8 Å². The first-order chi connectivity index (χ1) is 7.41. The van der Waals surface area contributed by atoms with Gasteiger partial charge in [0, 0.05) is 6.42 Å². The lowest BCUT2D eigenvalue weighted by Gasteiger charge is -2.15. The van der Waals surface area contributed by atoms with Crippen LogP contribution in [0.25, 0.3) is 0 Å². The van der Waals surface area contributed by atoms with Gasteiger partial charge in [0.15, 0.2) is 5.78 Å². The first kappa shape index (κ1) is 13.2. The van der Waals surface area contributed by atoms with Crippen LogP contribution in [0.4, 0.5) is 0 Å². The molecule has 0 aliphatic rings. The molecule has 3 heteroatoms. The van der Waals surface area contributed by atoms with Crippen LogP contribution in [-0.2, 0) is 0 Å². The number of benzene rings is 1. The van der Waals surface area contributed by atoms with E-state index in [1.807, 2.05) is 27.7 Å². The van der Waals surface area contributed by atoms with Crippen molar-refractivity contribution in [3.63, 3.8) is 0 Å². The molecule has 0 fully saturated rings. The lowest BCUT2D eigenvalue weighted by atomic mass is 9.94. The molecular formula is C13H17BrO2. The van der Waals surface area contributed by atoms with Crippen LogP contribution in [0.3, 0.4) is 0 Å². The number of hydrogen-bond acceptors (Lipinski definition) is 2. The fourth-order valence-corrected chi connectivity index (χ4v) is 2.29. The fraction of sp³-hybridized carbons (Fsp3) is 0.462. The van der Waals surface area contributed by atoms with Crippen LogP contribution in [0, 0.1) is 20.8 Å². The van der Waals surface area contributed by atoms with Crippen molar-refractivity contribution in [2.24, 2.45) is 0 Å². The molecule has 0 heterocycles. The summed E-state index contributed by atoms with van der Waals surface area (Å²) in [5.74, 6) is 0.0975. The molecule has 0 unspecified atom stereocenters. The third-order valence-corrected chi connectivity index (χ3v) is 4.00. The van der Waals surface area contributed by atoms with Crippen LogP contribution >= 0.6 is 15.9 Å². The Hall–Kier alpha value is -0.830. The van der Waals surface area contributed by atoms with Gasteiger partial charge in [-0.3, -0.25) is 4.79 Å². The predicted octanol–water partition coefficient (Wildman–Crippen LogP) is 4.06. The minimum Gasteiger partial charge on any atom is -0.506 e. The van der Waals surface area contributed by atoms with E-state index in [1.165, 1.54) is 0 Å². The summed E-state index contributed by atoms with van der Waals surface area (Å²) in [6.45, 7) is 7.75. The monoisotopic (exact) mass is 284 g/mol. The minimum atomic E-state index is 0.0151. The Morgan fingerprint density at radius 2 is 1.75 bits per heavy atom. The number of aromatic hydroxyl groups is 1. The number of carbonyl (C=O) groups is 1. The molecule has 0 saturated carbocycles. The molecule has 0 atom stereocenters. The molecule has 0 amide bonds. The Kier molecular flexibility index (Phi) is 4.14. The van der Waals surface area contributed by atoms with E-state index in [2.05, 4.69) is 15.9 Å². The molecular weight excluding hydrogens is 268 g/mol. The van der Waals surface area contributed by atoms with Gasteiger partial charge in [-0.15, -0.1) is 0 Å². The van der Waals surface area contributed by atoms with Crippen molar-refractivity contribution in [1.82, 2.24) is 0 Å². The van der Waals surface area contributed by atoms with E-state index < -0.39 is 0 Å². The number of Topliss-reactive ketones (excluding diaryl/α,β-unsaturated/α-hetero) is 1. The van der Waals surface area contributed by atoms with E-state index >= 15 is 0 Å². The topological polar surface area (TPSA) is 37.3 Å². The average molecular weight is 285 g/mol. The maximum atomic E-state index is 11.9. The van der Waals surface area contributed by atoms with Gasteiger partial charge in [0.05, 0.1) is 10.0 Å². The Balaban J connectivity index is 3.45. The average Bonchev–Trinajstić information content (AvgIpc) is 2.24. The number of phenolic OH excluding ortho intramolecular Hbond substituents is 1. The van der Waals surface area contributed by atoms with Gasteiger partial charge in [0.1, 0.15) is 5.75 Å². The zero-order valence-electron chi connectivity index (χ0n) is 10.1. The Morgan fingerprint density at radius 1 is 1.19 bits per heavy atom. The van der Waals surface area contributed by atoms with E-state index in [0.29, 0.717) is 16.5 Å². The summed E-state index contributed by atoms with van der Waals surface area (Å²) in [5.41, 5.74) is 3.40. The molecule has 0 spiro atoms. The van der Waals surface area contributed by atoms with E-state index in [0.717, 1.165) is 23.1 Å². The summed E-state index contributed by atoms with van der Waals surface area (Å²) in [6.07, 6.45) is 1.27. The van der Waals surface area contributed by atoms with E-state index in [1.54, 1.807) is 0 Å². The smallest absolute Gasteiger partial charge is 0.166 e. The minimum absolute atomic E-state index is 0.0151. The van der Waals surface area contributed by atoms with Gasteiger partial charge in [-0.05, 0) is 59.8 Å². The van der Waals surface area contributed by atoms with Gasteiger partial charge in [-0.2, -0.15) is 0 Å². The molecule has 2 nitrogen and oxygen atoms in total. The highest BCUT2D eigenvalue weighted by molar-refractivity contribution is 9.10. The fourth-order valence-electron chi connectivity index (χ4n) is 1.79. The van der Waals surface area contributed by atoms with Crippen molar-refractivity contribution in [3.8, 4) is 5.75 Å². The zero-order valence-corrected chi connectivity index (χ0v) is 11.7. The van der Waals surface area contributed by atoms with Crippen molar-refractivity contribution in [1.29, 1.82) is 0 Å². The molecule has 1 N–H and O–H groups in total.